The molecule has 1 fully saturated rings. The summed E-state index contributed by atoms with van der Waals surface area (Å²) >= 11 is 0. The highest BCUT2D eigenvalue weighted by molar-refractivity contribution is 5.73. The predicted octanol–water partition coefficient (Wildman–Crippen LogP) is 1.77. The first-order valence-electron chi connectivity index (χ1n) is 6.64. The van der Waals surface area contributed by atoms with Crippen molar-refractivity contribution in [2.45, 2.75) is 19.8 Å². The average molecular weight is 279 g/mol. The van der Waals surface area contributed by atoms with E-state index in [1.807, 2.05) is 4.90 Å². The Balaban J connectivity index is 2.10. The number of hydrogen-bond donors (Lipinski definition) is 0. The SMILES string of the molecule is CCOC(=O)C1CCCN(c2cc([N+](=O)[O-])ccn2)C1. The molecule has 1 aromatic rings. The Hall–Kier alpha value is -2.18. The van der Waals surface area contributed by atoms with Gasteiger partial charge in [-0.3, -0.25) is 14.9 Å². The summed E-state index contributed by atoms with van der Waals surface area (Å²) in [7, 11) is 0. The molecule has 1 atom stereocenters. The molecule has 0 aromatic carbocycles. The zero-order valence-corrected chi connectivity index (χ0v) is 11.3. The molecule has 20 heavy (non-hydrogen) atoms. The van der Waals surface area contributed by atoms with Gasteiger partial charge in [-0.1, -0.05) is 0 Å². The van der Waals surface area contributed by atoms with Gasteiger partial charge in [0.2, 0.25) is 0 Å². The van der Waals surface area contributed by atoms with Crippen molar-refractivity contribution >= 4 is 17.5 Å². The van der Waals surface area contributed by atoms with E-state index in [1.54, 1.807) is 6.92 Å². The van der Waals surface area contributed by atoms with Crippen LogP contribution in [0, 0.1) is 16.0 Å². The molecule has 1 unspecified atom stereocenters. The summed E-state index contributed by atoms with van der Waals surface area (Å²) in [5.74, 6) is 0.139. The highest BCUT2D eigenvalue weighted by atomic mass is 16.6. The molecule has 0 amide bonds. The molecule has 108 valence electrons. The van der Waals surface area contributed by atoms with Gasteiger partial charge < -0.3 is 9.64 Å². The lowest BCUT2D eigenvalue weighted by Gasteiger charge is -2.32. The van der Waals surface area contributed by atoms with Gasteiger partial charge in [-0.05, 0) is 19.8 Å². The van der Waals surface area contributed by atoms with Gasteiger partial charge in [0, 0.05) is 25.4 Å². The quantitative estimate of drug-likeness (QED) is 0.474. The fourth-order valence-corrected chi connectivity index (χ4v) is 2.33. The summed E-state index contributed by atoms with van der Waals surface area (Å²) in [4.78, 5) is 28.2. The number of aromatic nitrogens is 1. The standard InChI is InChI=1S/C13H17N3O4/c1-2-20-13(17)10-4-3-7-15(9-10)12-8-11(16(18)19)5-6-14-12/h5-6,8,10H,2-4,7,9H2,1H3. The number of hydrogen-bond acceptors (Lipinski definition) is 6. The Morgan fingerprint density at radius 3 is 3.15 bits per heavy atom. The molecule has 0 N–H and O–H groups in total. The van der Waals surface area contributed by atoms with Crippen LogP contribution in [0.2, 0.25) is 0 Å². The lowest BCUT2D eigenvalue weighted by Crippen LogP contribution is -2.39. The van der Waals surface area contributed by atoms with Gasteiger partial charge in [-0.25, -0.2) is 4.98 Å². The van der Waals surface area contributed by atoms with Crippen molar-refractivity contribution in [1.82, 2.24) is 4.98 Å². The third-order valence-corrected chi connectivity index (χ3v) is 3.31. The highest BCUT2D eigenvalue weighted by Gasteiger charge is 2.28. The number of nitro groups is 1. The van der Waals surface area contributed by atoms with E-state index in [4.69, 9.17) is 4.74 Å². The number of anilines is 1. The minimum absolute atomic E-state index is 0.00765. The molecule has 0 bridgehead atoms. The first kappa shape index (κ1) is 14.2. The van der Waals surface area contributed by atoms with Crippen molar-refractivity contribution < 1.29 is 14.5 Å². The zero-order valence-electron chi connectivity index (χ0n) is 11.3. The van der Waals surface area contributed by atoms with Crippen molar-refractivity contribution in [2.24, 2.45) is 5.92 Å². The van der Waals surface area contributed by atoms with Crippen LogP contribution in [-0.2, 0) is 9.53 Å². The average Bonchev–Trinajstić information content (AvgIpc) is 2.48. The van der Waals surface area contributed by atoms with Crippen molar-refractivity contribution in [3.05, 3.63) is 28.4 Å². The number of ether oxygens (including phenoxy) is 1. The second-order valence-corrected chi connectivity index (χ2v) is 4.67. The Morgan fingerprint density at radius 1 is 1.65 bits per heavy atom. The maximum Gasteiger partial charge on any atom is 0.310 e. The predicted molar refractivity (Wildman–Crippen MR) is 72.5 cm³/mol. The zero-order chi connectivity index (χ0) is 14.5. The second-order valence-electron chi connectivity index (χ2n) is 4.67. The van der Waals surface area contributed by atoms with Crippen LogP contribution in [0.15, 0.2) is 18.3 Å². The van der Waals surface area contributed by atoms with Crippen molar-refractivity contribution in [2.75, 3.05) is 24.6 Å². The molecule has 7 nitrogen and oxygen atoms in total. The molecular formula is C13H17N3O4. The fraction of sp³-hybridized carbons (Fsp3) is 0.538. The van der Waals surface area contributed by atoms with Gasteiger partial charge in [0.1, 0.15) is 5.82 Å². The third kappa shape index (κ3) is 3.23. The Kier molecular flexibility index (Phi) is 4.49. The molecule has 2 rings (SSSR count). The molecule has 1 saturated heterocycles. The normalized spacial score (nSPS) is 18.6. The molecule has 1 aromatic heterocycles. The van der Waals surface area contributed by atoms with Crippen LogP contribution in [0.3, 0.4) is 0 Å². The van der Waals surface area contributed by atoms with Gasteiger partial charge in [0.15, 0.2) is 0 Å². The van der Waals surface area contributed by atoms with E-state index < -0.39 is 4.92 Å². The minimum Gasteiger partial charge on any atom is -0.466 e. The number of esters is 1. The van der Waals surface area contributed by atoms with E-state index in [0.29, 0.717) is 19.0 Å². The Morgan fingerprint density at radius 2 is 2.45 bits per heavy atom. The van der Waals surface area contributed by atoms with Gasteiger partial charge in [-0.2, -0.15) is 0 Å². The van der Waals surface area contributed by atoms with E-state index in [2.05, 4.69) is 4.98 Å². The van der Waals surface area contributed by atoms with Gasteiger partial charge in [0.25, 0.3) is 5.69 Å². The maximum absolute atomic E-state index is 11.8. The number of carbonyl (C=O) groups excluding carboxylic acids is 1. The monoisotopic (exact) mass is 279 g/mol. The second kappa shape index (κ2) is 6.31. The summed E-state index contributed by atoms with van der Waals surface area (Å²) in [5, 5.41) is 10.8. The van der Waals surface area contributed by atoms with Crippen LogP contribution in [0.5, 0.6) is 0 Å². The molecule has 0 radical (unpaired) electrons. The van der Waals surface area contributed by atoms with Gasteiger partial charge in [0.05, 0.1) is 23.5 Å². The van der Waals surface area contributed by atoms with Crippen LogP contribution in [0.25, 0.3) is 0 Å². The van der Waals surface area contributed by atoms with E-state index in [1.165, 1.54) is 18.3 Å². The van der Waals surface area contributed by atoms with Crippen molar-refractivity contribution in [3.8, 4) is 0 Å². The fourth-order valence-electron chi connectivity index (χ4n) is 2.33. The first-order chi connectivity index (χ1) is 9.61. The van der Waals surface area contributed by atoms with Crippen LogP contribution in [0.4, 0.5) is 11.5 Å². The van der Waals surface area contributed by atoms with E-state index in [-0.39, 0.29) is 17.6 Å². The van der Waals surface area contributed by atoms with Crippen LogP contribution in [-0.4, -0.2) is 35.6 Å². The lowest BCUT2D eigenvalue weighted by molar-refractivity contribution is -0.384. The maximum atomic E-state index is 11.8. The van der Waals surface area contributed by atoms with Crippen LogP contribution < -0.4 is 4.90 Å². The van der Waals surface area contributed by atoms with Gasteiger partial charge in [-0.15, -0.1) is 0 Å². The number of piperidine rings is 1. The molecule has 7 heteroatoms. The van der Waals surface area contributed by atoms with Gasteiger partial charge >= 0.3 is 5.97 Å². The van der Waals surface area contributed by atoms with Crippen molar-refractivity contribution in [3.63, 3.8) is 0 Å². The largest absolute Gasteiger partial charge is 0.466 e. The number of rotatable bonds is 4. The Bertz CT molecular complexity index is 506. The van der Waals surface area contributed by atoms with E-state index in [0.717, 1.165) is 19.4 Å². The lowest BCUT2D eigenvalue weighted by atomic mass is 9.98. The smallest absolute Gasteiger partial charge is 0.310 e. The summed E-state index contributed by atoms with van der Waals surface area (Å²) < 4.78 is 5.03. The summed E-state index contributed by atoms with van der Waals surface area (Å²) in [6.45, 7) is 3.38. The number of nitrogens with zero attached hydrogens (tertiary/aromatic N) is 3. The minimum atomic E-state index is -0.446. The van der Waals surface area contributed by atoms with E-state index >= 15 is 0 Å². The molecule has 0 saturated carbocycles. The first-order valence-corrected chi connectivity index (χ1v) is 6.64. The van der Waals surface area contributed by atoms with Crippen molar-refractivity contribution in [1.29, 1.82) is 0 Å². The number of pyridine rings is 1. The number of carbonyl (C=O) groups is 1. The van der Waals surface area contributed by atoms with Crippen LogP contribution in [0.1, 0.15) is 19.8 Å². The molecule has 0 aliphatic carbocycles. The summed E-state index contributed by atoms with van der Waals surface area (Å²) in [6.07, 6.45) is 3.04. The molecule has 1 aliphatic rings. The topological polar surface area (TPSA) is 85.6 Å². The Labute approximate surface area is 116 Å². The summed E-state index contributed by atoms with van der Waals surface area (Å²) in [6, 6.07) is 2.80. The van der Waals surface area contributed by atoms with Crippen LogP contribution >= 0.6 is 0 Å². The highest BCUT2D eigenvalue weighted by Crippen LogP contribution is 2.24. The summed E-state index contributed by atoms with van der Waals surface area (Å²) in [5.41, 5.74) is 0.00765. The van der Waals surface area contributed by atoms with E-state index in [9.17, 15) is 14.9 Å². The molecule has 0 spiro atoms. The molecule has 1 aliphatic heterocycles. The molecular weight excluding hydrogens is 262 g/mol. The molecule has 2 heterocycles. The third-order valence-electron chi connectivity index (χ3n) is 3.31.